The number of piperidine rings is 1. The number of aryl methyl sites for hydroxylation is 2. The Morgan fingerprint density at radius 1 is 1.23 bits per heavy atom. The molecule has 1 N–H and O–H groups in total. The van der Waals surface area contributed by atoms with E-state index in [1.165, 1.54) is 0 Å². The third-order valence-corrected chi connectivity index (χ3v) is 5.09. The van der Waals surface area contributed by atoms with Gasteiger partial charge in [0, 0.05) is 24.8 Å². The van der Waals surface area contributed by atoms with Gasteiger partial charge in [0.25, 0.3) is 0 Å². The van der Waals surface area contributed by atoms with Gasteiger partial charge in [0.2, 0.25) is 0 Å². The number of nitrogens with zero attached hydrogens (tertiary/aromatic N) is 2. The minimum absolute atomic E-state index is 0.0543. The second kappa shape index (κ2) is 8.41. The highest BCUT2D eigenvalue weighted by Gasteiger charge is 2.28. The van der Waals surface area contributed by atoms with Crippen molar-refractivity contribution in [3.8, 4) is 0 Å². The van der Waals surface area contributed by atoms with Crippen LogP contribution in [0.1, 0.15) is 36.7 Å². The number of hydrogen-bond donors (Lipinski definition) is 1. The first-order chi connectivity index (χ1) is 12.5. The summed E-state index contributed by atoms with van der Waals surface area (Å²) in [6, 6.07) is 10.1. The molecule has 26 heavy (non-hydrogen) atoms. The molecule has 1 saturated heterocycles. The predicted octanol–water partition coefficient (Wildman–Crippen LogP) is 4.41. The summed E-state index contributed by atoms with van der Waals surface area (Å²) in [4.78, 5) is 17.4. The Hall–Kier alpha value is -2.27. The van der Waals surface area contributed by atoms with E-state index in [-0.39, 0.29) is 12.1 Å². The van der Waals surface area contributed by atoms with E-state index in [4.69, 9.17) is 4.42 Å². The fourth-order valence-corrected chi connectivity index (χ4v) is 3.73. The second-order valence-corrected chi connectivity index (χ2v) is 7.18. The van der Waals surface area contributed by atoms with Crippen LogP contribution in [0.2, 0.25) is 0 Å². The van der Waals surface area contributed by atoms with Crippen LogP contribution in [-0.4, -0.2) is 41.5 Å². The highest BCUT2D eigenvalue weighted by Crippen LogP contribution is 2.21. The van der Waals surface area contributed by atoms with Gasteiger partial charge in [0.1, 0.15) is 5.76 Å². The molecular weight excluding hydrogens is 326 g/mol. The summed E-state index contributed by atoms with van der Waals surface area (Å²) in [5.41, 5.74) is 3.14. The van der Waals surface area contributed by atoms with Gasteiger partial charge in [0.05, 0.1) is 12.8 Å². The van der Waals surface area contributed by atoms with Crippen molar-refractivity contribution in [2.45, 2.75) is 46.2 Å². The van der Waals surface area contributed by atoms with Gasteiger partial charge >= 0.3 is 6.03 Å². The largest absolute Gasteiger partial charge is 0.467 e. The number of likely N-dealkylation sites (tertiary alicyclic amines) is 1. The van der Waals surface area contributed by atoms with E-state index in [1.54, 1.807) is 6.26 Å². The monoisotopic (exact) mass is 355 g/mol. The van der Waals surface area contributed by atoms with Crippen molar-refractivity contribution < 1.29 is 9.21 Å². The summed E-state index contributed by atoms with van der Waals surface area (Å²) >= 11 is 0. The maximum atomic E-state index is 13.1. The molecule has 0 saturated carbocycles. The molecule has 3 rings (SSSR count). The summed E-state index contributed by atoms with van der Waals surface area (Å²) < 4.78 is 5.50. The summed E-state index contributed by atoms with van der Waals surface area (Å²) in [7, 11) is 0. The SMILES string of the molecule is CCN1CCC(N(Cc2ccco2)C(=O)Nc2cc(C)cc(C)c2)CC1. The highest BCUT2D eigenvalue weighted by molar-refractivity contribution is 5.89. The molecule has 0 radical (unpaired) electrons. The molecule has 0 aliphatic carbocycles. The van der Waals surface area contributed by atoms with Crippen molar-refractivity contribution in [1.82, 2.24) is 9.80 Å². The molecule has 0 atom stereocenters. The van der Waals surface area contributed by atoms with Crippen LogP contribution in [0, 0.1) is 13.8 Å². The molecule has 5 nitrogen and oxygen atoms in total. The summed E-state index contributed by atoms with van der Waals surface area (Å²) in [6.07, 6.45) is 3.65. The topological polar surface area (TPSA) is 48.7 Å². The average molecular weight is 355 g/mol. The molecule has 0 unspecified atom stereocenters. The van der Waals surface area contributed by atoms with E-state index in [9.17, 15) is 4.79 Å². The molecule has 1 aromatic carbocycles. The standard InChI is InChI=1S/C21H29N3O2/c1-4-23-9-7-19(8-10-23)24(15-20-6-5-11-26-20)21(25)22-18-13-16(2)12-17(3)14-18/h5-6,11-14,19H,4,7-10,15H2,1-3H3,(H,22,25). The lowest BCUT2D eigenvalue weighted by Gasteiger charge is -2.37. The minimum atomic E-state index is -0.0543. The Morgan fingerprint density at radius 3 is 2.50 bits per heavy atom. The normalized spacial score (nSPS) is 15.8. The van der Waals surface area contributed by atoms with Gasteiger partial charge in [0.15, 0.2) is 0 Å². The van der Waals surface area contributed by atoms with Crippen molar-refractivity contribution in [2.75, 3.05) is 25.0 Å². The quantitative estimate of drug-likeness (QED) is 0.864. The number of hydrogen-bond acceptors (Lipinski definition) is 3. The van der Waals surface area contributed by atoms with Crippen molar-refractivity contribution >= 4 is 11.7 Å². The zero-order chi connectivity index (χ0) is 18.5. The number of benzene rings is 1. The average Bonchev–Trinajstić information content (AvgIpc) is 3.12. The molecule has 1 fully saturated rings. The Morgan fingerprint density at radius 2 is 1.92 bits per heavy atom. The summed E-state index contributed by atoms with van der Waals surface area (Å²) in [6.45, 7) is 9.92. The molecular formula is C21H29N3O2. The predicted molar refractivity (Wildman–Crippen MR) is 104 cm³/mol. The smallest absolute Gasteiger partial charge is 0.322 e. The third kappa shape index (κ3) is 4.67. The molecule has 5 heteroatoms. The number of anilines is 1. The fraction of sp³-hybridized carbons (Fsp3) is 0.476. The van der Waals surface area contributed by atoms with Crippen LogP contribution in [0.4, 0.5) is 10.5 Å². The van der Waals surface area contributed by atoms with Crippen molar-refractivity contribution in [3.05, 3.63) is 53.5 Å². The number of furan rings is 1. The van der Waals surface area contributed by atoms with Crippen LogP contribution < -0.4 is 5.32 Å². The maximum absolute atomic E-state index is 13.1. The maximum Gasteiger partial charge on any atom is 0.322 e. The Kier molecular flexibility index (Phi) is 5.99. The number of carbonyl (C=O) groups excluding carboxylic acids is 1. The highest BCUT2D eigenvalue weighted by atomic mass is 16.3. The van der Waals surface area contributed by atoms with Crippen LogP contribution in [-0.2, 0) is 6.54 Å². The van der Waals surface area contributed by atoms with Gasteiger partial charge in [-0.15, -0.1) is 0 Å². The lowest BCUT2D eigenvalue weighted by atomic mass is 10.0. The molecule has 0 spiro atoms. The fourth-order valence-electron chi connectivity index (χ4n) is 3.73. The van der Waals surface area contributed by atoms with E-state index in [2.05, 4.69) is 23.2 Å². The van der Waals surface area contributed by atoms with E-state index in [0.29, 0.717) is 6.54 Å². The Balaban J connectivity index is 1.74. The zero-order valence-corrected chi connectivity index (χ0v) is 16.0. The Labute approximate surface area is 156 Å². The molecule has 2 aromatic rings. The van der Waals surface area contributed by atoms with Gasteiger partial charge in [-0.3, -0.25) is 0 Å². The van der Waals surface area contributed by atoms with Gasteiger partial charge in [-0.1, -0.05) is 13.0 Å². The van der Waals surface area contributed by atoms with Gasteiger partial charge in [-0.2, -0.15) is 0 Å². The van der Waals surface area contributed by atoms with Crippen LogP contribution in [0.15, 0.2) is 41.0 Å². The molecule has 2 amide bonds. The zero-order valence-electron chi connectivity index (χ0n) is 16.0. The van der Waals surface area contributed by atoms with Crippen LogP contribution in [0.3, 0.4) is 0 Å². The van der Waals surface area contributed by atoms with Crippen molar-refractivity contribution in [2.24, 2.45) is 0 Å². The molecule has 1 aromatic heterocycles. The lowest BCUT2D eigenvalue weighted by Crippen LogP contribution is -2.48. The minimum Gasteiger partial charge on any atom is -0.467 e. The van der Waals surface area contributed by atoms with Crippen LogP contribution in [0.5, 0.6) is 0 Å². The third-order valence-electron chi connectivity index (χ3n) is 5.09. The molecule has 2 heterocycles. The van der Waals surface area contributed by atoms with Crippen LogP contribution in [0.25, 0.3) is 0 Å². The second-order valence-electron chi connectivity index (χ2n) is 7.18. The van der Waals surface area contributed by atoms with E-state index >= 15 is 0 Å². The van der Waals surface area contributed by atoms with Crippen molar-refractivity contribution in [1.29, 1.82) is 0 Å². The molecule has 1 aliphatic rings. The number of amides is 2. The molecule has 140 valence electrons. The first-order valence-electron chi connectivity index (χ1n) is 9.46. The van der Waals surface area contributed by atoms with E-state index < -0.39 is 0 Å². The summed E-state index contributed by atoms with van der Waals surface area (Å²) in [5, 5.41) is 3.09. The molecule has 0 bridgehead atoms. The number of carbonyl (C=O) groups is 1. The lowest BCUT2D eigenvalue weighted by molar-refractivity contribution is 0.121. The summed E-state index contributed by atoms with van der Waals surface area (Å²) in [5.74, 6) is 0.818. The van der Waals surface area contributed by atoms with Crippen LogP contribution >= 0.6 is 0 Å². The van der Waals surface area contributed by atoms with Gasteiger partial charge in [-0.25, -0.2) is 4.79 Å². The van der Waals surface area contributed by atoms with Gasteiger partial charge < -0.3 is 19.5 Å². The van der Waals surface area contributed by atoms with E-state index in [0.717, 1.165) is 55.1 Å². The number of rotatable bonds is 5. The Bertz CT molecular complexity index is 699. The molecule has 1 aliphatic heterocycles. The number of nitrogens with one attached hydrogen (secondary N) is 1. The first-order valence-corrected chi connectivity index (χ1v) is 9.46. The first kappa shape index (κ1) is 18.5. The number of urea groups is 1. The van der Waals surface area contributed by atoms with Gasteiger partial charge in [-0.05, 0) is 68.6 Å². The van der Waals surface area contributed by atoms with Crippen molar-refractivity contribution in [3.63, 3.8) is 0 Å². The van der Waals surface area contributed by atoms with E-state index in [1.807, 2.05) is 43.0 Å².